The van der Waals surface area contributed by atoms with E-state index < -0.39 is 0 Å². The van der Waals surface area contributed by atoms with E-state index >= 15 is 0 Å². The summed E-state index contributed by atoms with van der Waals surface area (Å²) in [6.07, 6.45) is 6.23. The van der Waals surface area contributed by atoms with E-state index in [1.807, 2.05) is 13.8 Å². The number of hydrogen-bond donors (Lipinski definition) is 1. The summed E-state index contributed by atoms with van der Waals surface area (Å²) in [4.78, 5) is 21.7. The van der Waals surface area contributed by atoms with Crippen molar-refractivity contribution in [2.75, 3.05) is 26.2 Å². The van der Waals surface area contributed by atoms with Gasteiger partial charge in [0.2, 0.25) is 11.8 Å². The minimum atomic E-state index is 0.0525. The molecule has 3 fully saturated rings. The number of nitrogens with one attached hydrogen (secondary N) is 1. The first-order chi connectivity index (χ1) is 12.1. The number of carbonyl (C=O) groups is 1. The van der Waals surface area contributed by atoms with Crippen molar-refractivity contribution in [3.8, 4) is 0 Å². The molecule has 0 radical (unpaired) electrons. The fourth-order valence-corrected chi connectivity index (χ4v) is 4.66. The number of nitrogens with zero attached hydrogens (tertiary/aromatic N) is 3. The summed E-state index contributed by atoms with van der Waals surface area (Å²) in [5, 5.41) is 3.62. The second kappa shape index (κ2) is 7.08. The van der Waals surface area contributed by atoms with Crippen LogP contribution in [0.5, 0.6) is 0 Å². The van der Waals surface area contributed by atoms with Gasteiger partial charge in [-0.05, 0) is 39.0 Å². The lowest BCUT2D eigenvalue weighted by atomic mass is 9.85. The van der Waals surface area contributed by atoms with Crippen molar-refractivity contribution in [3.63, 3.8) is 0 Å². The first kappa shape index (κ1) is 17.0. The van der Waals surface area contributed by atoms with Gasteiger partial charge in [-0.3, -0.25) is 9.69 Å². The lowest BCUT2D eigenvalue weighted by Crippen LogP contribution is -2.53. The van der Waals surface area contributed by atoms with E-state index in [4.69, 9.17) is 4.42 Å². The molecule has 1 saturated carbocycles. The Bertz CT molecular complexity index is 587. The van der Waals surface area contributed by atoms with Gasteiger partial charge in [0.1, 0.15) is 5.76 Å². The second-order valence-electron chi connectivity index (χ2n) is 7.96. The van der Waals surface area contributed by atoms with E-state index in [1.165, 1.54) is 25.7 Å². The maximum atomic E-state index is 12.9. The zero-order valence-electron chi connectivity index (χ0n) is 15.5. The Morgan fingerprint density at radius 2 is 1.96 bits per heavy atom. The Kier molecular flexibility index (Phi) is 4.82. The summed E-state index contributed by atoms with van der Waals surface area (Å²) in [7, 11) is 0. The molecule has 0 aromatic carbocycles. The molecule has 3 aliphatic rings. The monoisotopic (exact) mass is 346 g/mol. The van der Waals surface area contributed by atoms with Crippen LogP contribution in [-0.2, 0) is 11.3 Å². The van der Waals surface area contributed by atoms with Crippen LogP contribution in [0.4, 0.5) is 0 Å². The molecular formula is C19H30N4O2. The third kappa shape index (κ3) is 3.60. The molecule has 4 rings (SSSR count). The Labute approximate surface area is 149 Å². The van der Waals surface area contributed by atoms with Gasteiger partial charge >= 0.3 is 0 Å². The molecule has 138 valence electrons. The van der Waals surface area contributed by atoms with Gasteiger partial charge in [0.05, 0.1) is 18.3 Å². The third-order valence-electron chi connectivity index (χ3n) is 6.28. The number of oxazole rings is 1. The molecule has 0 spiro atoms. The van der Waals surface area contributed by atoms with Crippen molar-refractivity contribution in [3.05, 3.63) is 17.3 Å². The number of aromatic nitrogens is 1. The van der Waals surface area contributed by atoms with Crippen molar-refractivity contribution in [1.29, 1.82) is 0 Å². The largest absolute Gasteiger partial charge is 0.444 e. The summed E-state index contributed by atoms with van der Waals surface area (Å²) in [6.45, 7) is 8.08. The minimum absolute atomic E-state index is 0.0525. The number of carbonyl (C=O) groups excluding carboxylic acids is 1. The number of aryl methyl sites for hydroxylation is 2. The van der Waals surface area contributed by atoms with Crippen LogP contribution in [0.25, 0.3) is 0 Å². The predicted octanol–water partition coefficient (Wildman–Crippen LogP) is 1.86. The van der Waals surface area contributed by atoms with Crippen molar-refractivity contribution in [2.45, 2.75) is 64.6 Å². The fourth-order valence-electron chi connectivity index (χ4n) is 4.66. The maximum Gasteiger partial charge on any atom is 0.239 e. The van der Waals surface area contributed by atoms with E-state index in [9.17, 15) is 4.79 Å². The number of fused-ring (bicyclic) bond motifs is 1. The molecule has 6 nitrogen and oxygen atoms in total. The van der Waals surface area contributed by atoms with Crippen molar-refractivity contribution < 1.29 is 9.21 Å². The van der Waals surface area contributed by atoms with Gasteiger partial charge in [-0.2, -0.15) is 0 Å². The Balaban J connectivity index is 1.27. The Morgan fingerprint density at radius 3 is 2.64 bits per heavy atom. The van der Waals surface area contributed by atoms with Crippen LogP contribution in [-0.4, -0.2) is 59.0 Å². The van der Waals surface area contributed by atoms with Crippen LogP contribution in [0.1, 0.15) is 49.4 Å². The number of rotatable bonds is 3. The van der Waals surface area contributed by atoms with Gasteiger partial charge in [0.15, 0.2) is 0 Å². The molecular weight excluding hydrogens is 316 g/mol. The molecule has 1 N–H and O–H groups in total. The molecule has 3 heterocycles. The van der Waals surface area contributed by atoms with Gasteiger partial charge in [-0.15, -0.1) is 0 Å². The van der Waals surface area contributed by atoms with Crippen molar-refractivity contribution in [1.82, 2.24) is 20.1 Å². The van der Waals surface area contributed by atoms with Crippen LogP contribution < -0.4 is 5.32 Å². The quantitative estimate of drug-likeness (QED) is 0.905. The molecule has 6 heteroatoms. The Hall–Kier alpha value is -1.40. The molecule has 1 aromatic heterocycles. The van der Waals surface area contributed by atoms with E-state index in [0.29, 0.717) is 11.9 Å². The standard InChI is InChI=1S/C19H30N4O2/c1-13-14(2)25-18(20-13)12-22-7-9-23(10-8-22)19(24)17-11-15-5-3-4-6-16(15)21-17/h15-17,21H,3-12H2,1-2H3. The number of piperazine rings is 1. The molecule has 1 amide bonds. The van der Waals surface area contributed by atoms with Crippen LogP contribution in [0.2, 0.25) is 0 Å². The van der Waals surface area contributed by atoms with Crippen LogP contribution >= 0.6 is 0 Å². The minimum Gasteiger partial charge on any atom is -0.444 e. The molecule has 2 aliphatic heterocycles. The summed E-state index contributed by atoms with van der Waals surface area (Å²) in [6, 6.07) is 0.636. The molecule has 2 saturated heterocycles. The average molecular weight is 346 g/mol. The highest BCUT2D eigenvalue weighted by Crippen LogP contribution is 2.33. The van der Waals surface area contributed by atoms with Crippen molar-refractivity contribution >= 4 is 5.91 Å². The third-order valence-corrected chi connectivity index (χ3v) is 6.28. The fraction of sp³-hybridized carbons (Fsp3) is 0.789. The highest BCUT2D eigenvalue weighted by atomic mass is 16.4. The molecule has 1 aromatic rings. The second-order valence-corrected chi connectivity index (χ2v) is 7.96. The highest BCUT2D eigenvalue weighted by molar-refractivity contribution is 5.82. The van der Waals surface area contributed by atoms with E-state index in [1.54, 1.807) is 0 Å². The van der Waals surface area contributed by atoms with E-state index in [0.717, 1.165) is 62.4 Å². The summed E-state index contributed by atoms with van der Waals surface area (Å²) >= 11 is 0. The van der Waals surface area contributed by atoms with Gasteiger partial charge in [0.25, 0.3) is 0 Å². The average Bonchev–Trinajstić information content (AvgIpc) is 3.18. The van der Waals surface area contributed by atoms with Crippen molar-refractivity contribution in [2.24, 2.45) is 5.92 Å². The van der Waals surface area contributed by atoms with E-state index in [2.05, 4.69) is 20.1 Å². The van der Waals surface area contributed by atoms with Crippen LogP contribution in [0.3, 0.4) is 0 Å². The normalized spacial score (nSPS) is 30.5. The lowest BCUT2D eigenvalue weighted by Gasteiger charge is -2.35. The van der Waals surface area contributed by atoms with Crippen LogP contribution in [0, 0.1) is 19.8 Å². The SMILES string of the molecule is Cc1nc(CN2CCN(C(=O)C3CC4CCCCC4N3)CC2)oc1C. The summed E-state index contributed by atoms with van der Waals surface area (Å²) in [5.41, 5.74) is 0.970. The van der Waals surface area contributed by atoms with Gasteiger partial charge < -0.3 is 14.6 Å². The molecule has 0 bridgehead atoms. The van der Waals surface area contributed by atoms with Crippen LogP contribution in [0.15, 0.2) is 4.42 Å². The number of hydrogen-bond acceptors (Lipinski definition) is 5. The first-order valence-electron chi connectivity index (χ1n) is 9.80. The number of amides is 1. The predicted molar refractivity (Wildman–Crippen MR) is 95.1 cm³/mol. The highest BCUT2D eigenvalue weighted by Gasteiger charge is 2.40. The van der Waals surface area contributed by atoms with E-state index in [-0.39, 0.29) is 6.04 Å². The zero-order valence-corrected chi connectivity index (χ0v) is 15.5. The summed E-state index contributed by atoms with van der Waals surface area (Å²) < 4.78 is 5.68. The molecule has 3 unspecified atom stereocenters. The Morgan fingerprint density at radius 1 is 1.20 bits per heavy atom. The molecule has 3 atom stereocenters. The first-order valence-corrected chi connectivity index (χ1v) is 9.80. The topological polar surface area (TPSA) is 61.6 Å². The van der Waals surface area contributed by atoms with Gasteiger partial charge in [0, 0.05) is 32.2 Å². The van der Waals surface area contributed by atoms with Gasteiger partial charge in [-0.25, -0.2) is 4.98 Å². The zero-order chi connectivity index (χ0) is 17.4. The molecule has 1 aliphatic carbocycles. The van der Waals surface area contributed by atoms with Gasteiger partial charge in [-0.1, -0.05) is 12.8 Å². The lowest BCUT2D eigenvalue weighted by molar-refractivity contribution is -0.135. The smallest absolute Gasteiger partial charge is 0.239 e. The maximum absolute atomic E-state index is 12.9. The molecule has 25 heavy (non-hydrogen) atoms. The summed E-state index contributed by atoms with van der Waals surface area (Å²) in [5.74, 6) is 2.73.